The number of hydrogen-bond donors (Lipinski definition) is 1. The van der Waals surface area contributed by atoms with Gasteiger partial charge in [0.2, 0.25) is 0 Å². The summed E-state index contributed by atoms with van der Waals surface area (Å²) in [4.78, 5) is 0. The molecule has 1 N–H and O–H groups in total. The summed E-state index contributed by atoms with van der Waals surface area (Å²) in [5, 5.41) is 10.8. The van der Waals surface area contributed by atoms with Crippen molar-refractivity contribution in [1.82, 2.24) is 0 Å². The molecule has 0 aliphatic heterocycles. The van der Waals surface area contributed by atoms with Gasteiger partial charge in [0.15, 0.2) is 0 Å². The Balaban J connectivity index is 2.64. The monoisotopic (exact) mass is 226 g/mol. The summed E-state index contributed by atoms with van der Waals surface area (Å²) < 4.78 is 5.32. The normalized spacial score (nSPS) is 17.7. The molecule has 82 valence electrons. The van der Waals surface area contributed by atoms with Gasteiger partial charge in [-0.3, -0.25) is 0 Å². The fourth-order valence-corrected chi connectivity index (χ4v) is 2.65. The minimum Gasteiger partial charge on any atom is -0.496 e. The summed E-state index contributed by atoms with van der Waals surface area (Å²) in [5.74, 6) is 0.828. The average molecular weight is 227 g/mol. The third-order valence-corrected chi connectivity index (χ3v) is 3.35. The molecule has 1 aliphatic rings. The molecule has 1 aromatic carbocycles. The summed E-state index contributed by atoms with van der Waals surface area (Å²) in [6.07, 6.45) is 1.58. The first-order valence-corrected chi connectivity index (χ1v) is 5.44. The Morgan fingerprint density at radius 3 is 2.47 bits per heavy atom. The molecule has 0 saturated heterocycles. The molecule has 0 amide bonds. The Bertz CT molecular complexity index is 409. The molecular weight excluding hydrogens is 212 g/mol. The minimum absolute atomic E-state index is 0.644. The lowest BCUT2D eigenvalue weighted by atomic mass is 9.98. The molecule has 0 unspecified atom stereocenters. The zero-order valence-corrected chi connectivity index (χ0v) is 9.98. The van der Waals surface area contributed by atoms with Gasteiger partial charge < -0.3 is 9.84 Å². The van der Waals surface area contributed by atoms with Crippen LogP contribution in [0.3, 0.4) is 0 Å². The van der Waals surface area contributed by atoms with Crippen molar-refractivity contribution in [3.05, 3.63) is 27.8 Å². The molecule has 0 atom stereocenters. The quantitative estimate of drug-likeness (QED) is 0.840. The molecule has 2 nitrogen and oxygen atoms in total. The van der Waals surface area contributed by atoms with Gasteiger partial charge >= 0.3 is 0 Å². The van der Waals surface area contributed by atoms with Crippen LogP contribution >= 0.6 is 11.6 Å². The molecule has 15 heavy (non-hydrogen) atoms. The predicted octanol–water partition coefficient (Wildman–Crippen LogP) is 2.95. The van der Waals surface area contributed by atoms with Crippen molar-refractivity contribution < 1.29 is 9.84 Å². The van der Waals surface area contributed by atoms with Gasteiger partial charge in [0, 0.05) is 10.6 Å². The molecule has 2 rings (SSSR count). The van der Waals surface area contributed by atoms with Crippen molar-refractivity contribution in [2.45, 2.75) is 32.3 Å². The van der Waals surface area contributed by atoms with E-state index in [0.717, 1.165) is 35.3 Å². The maximum atomic E-state index is 10.1. The van der Waals surface area contributed by atoms with E-state index >= 15 is 0 Å². The third-order valence-electron chi connectivity index (χ3n) is 3.05. The molecule has 1 saturated carbocycles. The standard InChI is InChI=1S/C12H15ClO2/c1-7-6-9(13)10(12(14)4-5-12)8(2)11(7)15-3/h6,14H,4-5H2,1-3H3. The third kappa shape index (κ3) is 1.62. The van der Waals surface area contributed by atoms with Crippen LogP contribution in [0.25, 0.3) is 0 Å². The van der Waals surface area contributed by atoms with Crippen LogP contribution in [0.15, 0.2) is 6.07 Å². The SMILES string of the molecule is COc1c(C)cc(Cl)c(C2(O)CC2)c1C. The van der Waals surface area contributed by atoms with Gasteiger partial charge in [0.1, 0.15) is 5.75 Å². The number of halogens is 1. The van der Waals surface area contributed by atoms with Crippen LogP contribution in [0.4, 0.5) is 0 Å². The molecule has 0 radical (unpaired) electrons. The second-order valence-electron chi connectivity index (χ2n) is 4.24. The molecule has 0 aromatic heterocycles. The van der Waals surface area contributed by atoms with Crippen molar-refractivity contribution in [3.63, 3.8) is 0 Å². The zero-order valence-electron chi connectivity index (χ0n) is 9.22. The van der Waals surface area contributed by atoms with E-state index in [9.17, 15) is 5.11 Å². The topological polar surface area (TPSA) is 29.5 Å². The van der Waals surface area contributed by atoms with E-state index in [0.29, 0.717) is 5.02 Å². The number of hydrogen-bond acceptors (Lipinski definition) is 2. The van der Waals surface area contributed by atoms with E-state index in [-0.39, 0.29) is 0 Å². The Morgan fingerprint density at radius 2 is 2.00 bits per heavy atom. The molecule has 0 bridgehead atoms. The number of aryl methyl sites for hydroxylation is 1. The van der Waals surface area contributed by atoms with Crippen LogP contribution in [-0.2, 0) is 5.60 Å². The van der Waals surface area contributed by atoms with Gasteiger partial charge in [0.05, 0.1) is 12.7 Å². The lowest BCUT2D eigenvalue weighted by Crippen LogP contribution is -2.09. The zero-order chi connectivity index (χ0) is 11.2. The van der Waals surface area contributed by atoms with Gasteiger partial charge in [-0.05, 0) is 43.9 Å². The van der Waals surface area contributed by atoms with Crippen LogP contribution in [0, 0.1) is 13.8 Å². The highest BCUT2D eigenvalue weighted by atomic mass is 35.5. The van der Waals surface area contributed by atoms with Gasteiger partial charge in [-0.2, -0.15) is 0 Å². The summed E-state index contributed by atoms with van der Waals surface area (Å²) >= 11 is 6.17. The average Bonchev–Trinajstić information content (AvgIpc) is 2.83. The highest BCUT2D eigenvalue weighted by molar-refractivity contribution is 6.31. The lowest BCUT2D eigenvalue weighted by Gasteiger charge is -2.18. The van der Waals surface area contributed by atoms with E-state index in [1.54, 1.807) is 7.11 Å². The summed E-state index contributed by atoms with van der Waals surface area (Å²) in [5.41, 5.74) is 2.10. The van der Waals surface area contributed by atoms with Crippen LogP contribution in [0.2, 0.25) is 5.02 Å². The molecule has 0 spiro atoms. The van der Waals surface area contributed by atoms with Crippen molar-refractivity contribution in [3.8, 4) is 5.75 Å². The van der Waals surface area contributed by atoms with Gasteiger partial charge in [-0.25, -0.2) is 0 Å². The predicted molar refractivity (Wildman–Crippen MR) is 60.6 cm³/mol. The maximum Gasteiger partial charge on any atom is 0.125 e. The highest BCUT2D eigenvalue weighted by Gasteiger charge is 2.45. The summed E-state index contributed by atoms with van der Waals surface area (Å²) in [6.45, 7) is 3.90. The number of benzene rings is 1. The number of rotatable bonds is 2. The minimum atomic E-state index is -0.706. The Labute approximate surface area is 94.8 Å². The fourth-order valence-electron chi connectivity index (χ4n) is 2.17. The van der Waals surface area contributed by atoms with Gasteiger partial charge in [0.25, 0.3) is 0 Å². The van der Waals surface area contributed by atoms with E-state index in [2.05, 4.69) is 0 Å². The molecule has 0 heterocycles. The molecular formula is C12H15ClO2. The molecule has 1 aliphatic carbocycles. The fraction of sp³-hybridized carbons (Fsp3) is 0.500. The van der Waals surface area contributed by atoms with Crippen molar-refractivity contribution in [1.29, 1.82) is 0 Å². The summed E-state index contributed by atoms with van der Waals surface area (Å²) in [7, 11) is 1.64. The molecule has 1 fully saturated rings. The first-order valence-electron chi connectivity index (χ1n) is 5.06. The second-order valence-corrected chi connectivity index (χ2v) is 4.65. The Morgan fingerprint density at radius 1 is 1.40 bits per heavy atom. The van der Waals surface area contributed by atoms with Crippen molar-refractivity contribution in [2.75, 3.05) is 7.11 Å². The van der Waals surface area contributed by atoms with Crippen LogP contribution in [-0.4, -0.2) is 12.2 Å². The maximum absolute atomic E-state index is 10.1. The van der Waals surface area contributed by atoms with E-state index in [1.165, 1.54) is 0 Å². The van der Waals surface area contributed by atoms with Crippen LogP contribution in [0.1, 0.15) is 29.5 Å². The second kappa shape index (κ2) is 3.39. The number of ether oxygens (including phenoxy) is 1. The largest absolute Gasteiger partial charge is 0.496 e. The first-order chi connectivity index (χ1) is 6.99. The molecule has 3 heteroatoms. The van der Waals surface area contributed by atoms with Crippen molar-refractivity contribution >= 4 is 11.6 Å². The molecule has 1 aromatic rings. The van der Waals surface area contributed by atoms with E-state index in [1.807, 2.05) is 19.9 Å². The Hall–Kier alpha value is -0.730. The lowest BCUT2D eigenvalue weighted by molar-refractivity contribution is 0.150. The van der Waals surface area contributed by atoms with Gasteiger partial charge in [-0.15, -0.1) is 0 Å². The number of aliphatic hydroxyl groups is 1. The summed E-state index contributed by atoms with van der Waals surface area (Å²) in [6, 6.07) is 1.86. The van der Waals surface area contributed by atoms with Crippen molar-refractivity contribution in [2.24, 2.45) is 0 Å². The smallest absolute Gasteiger partial charge is 0.125 e. The van der Waals surface area contributed by atoms with Crippen LogP contribution in [0.5, 0.6) is 5.75 Å². The number of methoxy groups -OCH3 is 1. The highest BCUT2D eigenvalue weighted by Crippen LogP contribution is 2.51. The van der Waals surface area contributed by atoms with Crippen LogP contribution < -0.4 is 4.74 Å². The van der Waals surface area contributed by atoms with E-state index in [4.69, 9.17) is 16.3 Å². The Kier molecular flexibility index (Phi) is 2.44. The van der Waals surface area contributed by atoms with Gasteiger partial charge in [-0.1, -0.05) is 11.6 Å². The van der Waals surface area contributed by atoms with E-state index < -0.39 is 5.60 Å². The first kappa shape index (κ1) is 10.8.